The molecule has 0 amide bonds. The number of carbonyl (C=O) groups excluding carboxylic acids is 1. The van der Waals surface area contributed by atoms with Gasteiger partial charge in [-0.2, -0.15) is 0 Å². The van der Waals surface area contributed by atoms with Gasteiger partial charge in [0.25, 0.3) is 0 Å². The Morgan fingerprint density at radius 3 is 2.41 bits per heavy atom. The second kappa shape index (κ2) is 5.82. The highest BCUT2D eigenvalue weighted by Gasteiger charge is 2.28. The molecule has 0 aliphatic rings. The molecule has 1 rings (SSSR count). The predicted octanol–water partition coefficient (Wildman–Crippen LogP) is 2.38. The maximum absolute atomic E-state index is 11.5. The van der Waals surface area contributed by atoms with E-state index >= 15 is 0 Å². The maximum Gasteiger partial charge on any atom is 0.307 e. The third-order valence-corrected chi connectivity index (χ3v) is 2.98. The summed E-state index contributed by atoms with van der Waals surface area (Å²) in [5.41, 5.74) is 1.95. The minimum absolute atomic E-state index is 0.200. The van der Waals surface area contributed by atoms with Crippen LogP contribution in [0.1, 0.15) is 31.4 Å². The van der Waals surface area contributed by atoms with Crippen molar-refractivity contribution in [3.8, 4) is 0 Å². The molecule has 1 aromatic carbocycles. The largest absolute Gasteiger partial charge is 0.469 e. The SMILES string of the molecule is CCNC(C)(CC(=O)OC)c1ccc(C)cc1. The quantitative estimate of drug-likeness (QED) is 0.796. The molecule has 0 aromatic heterocycles. The minimum Gasteiger partial charge on any atom is -0.469 e. The number of carbonyl (C=O) groups is 1. The van der Waals surface area contributed by atoms with Gasteiger partial charge in [-0.05, 0) is 26.0 Å². The van der Waals surface area contributed by atoms with Crippen LogP contribution in [0.25, 0.3) is 0 Å². The Balaban J connectivity index is 2.97. The Kier molecular flexibility index (Phi) is 4.70. The van der Waals surface area contributed by atoms with E-state index in [2.05, 4.69) is 36.5 Å². The van der Waals surface area contributed by atoms with Crippen LogP contribution in [0.4, 0.5) is 0 Å². The molecule has 0 aliphatic carbocycles. The van der Waals surface area contributed by atoms with E-state index in [4.69, 9.17) is 4.74 Å². The van der Waals surface area contributed by atoms with Gasteiger partial charge in [0, 0.05) is 0 Å². The molecule has 1 unspecified atom stereocenters. The summed E-state index contributed by atoms with van der Waals surface area (Å²) in [6, 6.07) is 8.23. The second-order valence-corrected chi connectivity index (χ2v) is 4.48. The third-order valence-electron chi connectivity index (χ3n) is 2.98. The van der Waals surface area contributed by atoms with Crippen molar-refractivity contribution in [3.05, 3.63) is 35.4 Å². The Morgan fingerprint density at radius 1 is 1.35 bits per heavy atom. The molecule has 1 N–H and O–H groups in total. The molecule has 3 nitrogen and oxygen atoms in total. The average Bonchev–Trinajstić information content (AvgIpc) is 2.29. The lowest BCUT2D eigenvalue weighted by molar-refractivity contribution is -0.142. The molecule has 1 atom stereocenters. The Labute approximate surface area is 103 Å². The zero-order valence-corrected chi connectivity index (χ0v) is 11.0. The summed E-state index contributed by atoms with van der Waals surface area (Å²) in [7, 11) is 1.42. The molecule has 94 valence electrons. The summed E-state index contributed by atoms with van der Waals surface area (Å²) in [4.78, 5) is 11.5. The summed E-state index contributed by atoms with van der Waals surface area (Å²) >= 11 is 0. The molecule has 0 radical (unpaired) electrons. The average molecular weight is 235 g/mol. The van der Waals surface area contributed by atoms with Gasteiger partial charge in [-0.3, -0.25) is 4.79 Å². The van der Waals surface area contributed by atoms with Crippen LogP contribution in [-0.4, -0.2) is 19.6 Å². The molecule has 1 aromatic rings. The van der Waals surface area contributed by atoms with Crippen molar-refractivity contribution in [2.75, 3.05) is 13.7 Å². The maximum atomic E-state index is 11.5. The van der Waals surface area contributed by atoms with Crippen LogP contribution in [0.3, 0.4) is 0 Å². The third kappa shape index (κ3) is 3.56. The van der Waals surface area contributed by atoms with Gasteiger partial charge in [-0.15, -0.1) is 0 Å². The van der Waals surface area contributed by atoms with E-state index in [1.807, 2.05) is 13.8 Å². The first-order valence-electron chi connectivity index (χ1n) is 5.91. The fraction of sp³-hybridized carbons (Fsp3) is 0.500. The van der Waals surface area contributed by atoms with E-state index in [-0.39, 0.29) is 11.5 Å². The molecular formula is C14H21NO2. The van der Waals surface area contributed by atoms with Gasteiger partial charge in [0.15, 0.2) is 0 Å². The lowest BCUT2D eigenvalue weighted by atomic mass is 9.88. The van der Waals surface area contributed by atoms with Crippen molar-refractivity contribution in [2.45, 2.75) is 32.7 Å². The van der Waals surface area contributed by atoms with E-state index in [0.717, 1.165) is 12.1 Å². The van der Waals surface area contributed by atoms with Crippen molar-refractivity contribution in [1.82, 2.24) is 5.32 Å². The number of methoxy groups -OCH3 is 1. The number of esters is 1. The highest BCUT2D eigenvalue weighted by molar-refractivity contribution is 5.71. The number of rotatable bonds is 5. The van der Waals surface area contributed by atoms with Crippen molar-refractivity contribution < 1.29 is 9.53 Å². The van der Waals surface area contributed by atoms with Gasteiger partial charge in [-0.1, -0.05) is 36.8 Å². The normalized spacial score (nSPS) is 14.1. The highest BCUT2D eigenvalue weighted by atomic mass is 16.5. The molecule has 0 aliphatic heterocycles. The van der Waals surface area contributed by atoms with Crippen LogP contribution < -0.4 is 5.32 Å². The first-order chi connectivity index (χ1) is 8.01. The topological polar surface area (TPSA) is 38.3 Å². The van der Waals surface area contributed by atoms with Gasteiger partial charge < -0.3 is 10.1 Å². The molecule has 0 heterocycles. The van der Waals surface area contributed by atoms with Crippen LogP contribution in [0.5, 0.6) is 0 Å². The van der Waals surface area contributed by atoms with E-state index in [1.54, 1.807) is 0 Å². The number of nitrogens with one attached hydrogen (secondary N) is 1. The summed E-state index contributed by atoms with van der Waals surface area (Å²) in [6.07, 6.45) is 0.334. The monoisotopic (exact) mass is 235 g/mol. The van der Waals surface area contributed by atoms with Gasteiger partial charge in [0.2, 0.25) is 0 Å². The lowest BCUT2D eigenvalue weighted by Gasteiger charge is -2.30. The number of aryl methyl sites for hydroxylation is 1. The molecular weight excluding hydrogens is 214 g/mol. The Hall–Kier alpha value is -1.35. The number of hydrogen-bond donors (Lipinski definition) is 1. The van der Waals surface area contributed by atoms with E-state index in [9.17, 15) is 4.79 Å². The highest BCUT2D eigenvalue weighted by Crippen LogP contribution is 2.25. The van der Waals surface area contributed by atoms with E-state index < -0.39 is 0 Å². The summed E-state index contributed by atoms with van der Waals surface area (Å²) in [5.74, 6) is -0.200. The molecule has 0 bridgehead atoms. The Bertz CT molecular complexity index is 372. The van der Waals surface area contributed by atoms with Crippen LogP contribution in [0.2, 0.25) is 0 Å². The van der Waals surface area contributed by atoms with Crippen LogP contribution >= 0.6 is 0 Å². The van der Waals surface area contributed by atoms with Crippen molar-refractivity contribution in [1.29, 1.82) is 0 Å². The zero-order chi connectivity index (χ0) is 12.9. The molecule has 0 saturated heterocycles. The first kappa shape index (κ1) is 13.7. The van der Waals surface area contributed by atoms with Gasteiger partial charge in [0.05, 0.1) is 19.1 Å². The summed E-state index contributed by atoms with van der Waals surface area (Å²) < 4.78 is 4.76. The Morgan fingerprint density at radius 2 is 1.94 bits per heavy atom. The van der Waals surface area contributed by atoms with Crippen molar-refractivity contribution in [2.24, 2.45) is 0 Å². The smallest absolute Gasteiger partial charge is 0.307 e. The molecule has 3 heteroatoms. The van der Waals surface area contributed by atoms with Crippen LogP contribution in [0, 0.1) is 6.92 Å². The first-order valence-corrected chi connectivity index (χ1v) is 5.91. The van der Waals surface area contributed by atoms with E-state index in [0.29, 0.717) is 6.42 Å². The van der Waals surface area contributed by atoms with Gasteiger partial charge >= 0.3 is 5.97 Å². The van der Waals surface area contributed by atoms with E-state index in [1.165, 1.54) is 12.7 Å². The van der Waals surface area contributed by atoms with Crippen LogP contribution in [0.15, 0.2) is 24.3 Å². The molecule has 17 heavy (non-hydrogen) atoms. The zero-order valence-electron chi connectivity index (χ0n) is 11.0. The molecule has 0 spiro atoms. The molecule has 0 saturated carbocycles. The van der Waals surface area contributed by atoms with Crippen molar-refractivity contribution in [3.63, 3.8) is 0 Å². The van der Waals surface area contributed by atoms with Crippen molar-refractivity contribution >= 4 is 5.97 Å². The molecule has 0 fully saturated rings. The van der Waals surface area contributed by atoms with Crippen LogP contribution in [-0.2, 0) is 15.1 Å². The summed E-state index contributed by atoms with van der Waals surface area (Å²) in [5, 5.41) is 3.36. The summed E-state index contributed by atoms with van der Waals surface area (Å²) in [6.45, 7) is 6.91. The number of hydrogen-bond acceptors (Lipinski definition) is 3. The number of ether oxygens (including phenoxy) is 1. The minimum atomic E-state index is -0.366. The standard InChI is InChI=1S/C14H21NO2/c1-5-15-14(3,10-13(16)17-4)12-8-6-11(2)7-9-12/h6-9,15H,5,10H2,1-4H3. The second-order valence-electron chi connectivity index (χ2n) is 4.48. The predicted molar refractivity (Wildman–Crippen MR) is 68.8 cm³/mol. The fourth-order valence-electron chi connectivity index (χ4n) is 1.94. The van der Waals surface area contributed by atoms with Gasteiger partial charge in [0.1, 0.15) is 0 Å². The lowest BCUT2D eigenvalue weighted by Crippen LogP contribution is -2.41. The fourth-order valence-corrected chi connectivity index (χ4v) is 1.94. The van der Waals surface area contributed by atoms with Gasteiger partial charge in [-0.25, -0.2) is 0 Å². The number of benzene rings is 1.